The van der Waals surface area contributed by atoms with Crippen molar-refractivity contribution in [3.8, 4) is 11.3 Å². The third kappa shape index (κ3) is 6.13. The van der Waals surface area contributed by atoms with E-state index in [1.165, 1.54) is 25.2 Å². The van der Waals surface area contributed by atoms with E-state index in [1.54, 1.807) is 0 Å². The Bertz CT molecular complexity index is 1180. The van der Waals surface area contributed by atoms with Gasteiger partial charge in [-0.1, -0.05) is 13.8 Å². The number of rotatable bonds is 8. The van der Waals surface area contributed by atoms with Crippen molar-refractivity contribution in [3.05, 3.63) is 40.8 Å². The summed E-state index contributed by atoms with van der Waals surface area (Å²) in [5.41, 5.74) is 2.69. The van der Waals surface area contributed by atoms with Crippen LogP contribution >= 0.6 is 0 Å². The minimum absolute atomic E-state index is 0. The standard InChI is InChI=1S/C22H28FN3O6S.Na/c1-11(2)20-17-10-16(18(28)8-13(27)9-19(29)30)15-7-12(23)5-6-14(15)21(17)25-22(24-20)26(3)33(4,31)32;/h5-7,11,13,16,18,27-28H,8-10H2,1-4H3,(H,29,30);/q;+1/p-1/t13-,16+,18-;/m0./s1. The van der Waals surface area contributed by atoms with Gasteiger partial charge in [-0.15, -0.1) is 0 Å². The van der Waals surface area contributed by atoms with Crippen LogP contribution < -0.4 is 39.0 Å². The molecule has 12 heteroatoms. The van der Waals surface area contributed by atoms with Crippen LogP contribution in [0.5, 0.6) is 0 Å². The Kier molecular flexibility index (Phi) is 9.22. The second-order valence-corrected chi connectivity index (χ2v) is 10.7. The number of carbonyl (C=O) groups is 1. The smallest absolute Gasteiger partial charge is 0.550 e. The molecule has 34 heavy (non-hydrogen) atoms. The van der Waals surface area contributed by atoms with E-state index >= 15 is 0 Å². The monoisotopic (exact) mass is 503 g/mol. The zero-order valence-corrected chi connectivity index (χ0v) is 22.6. The maximum Gasteiger partial charge on any atom is 1.00 e. The normalized spacial score (nSPS) is 16.8. The fraction of sp³-hybridized carbons (Fsp3) is 0.500. The number of aliphatic hydroxyl groups excluding tert-OH is 2. The molecular weight excluding hydrogens is 476 g/mol. The molecule has 2 aromatic rings. The molecule has 3 atom stereocenters. The zero-order valence-electron chi connectivity index (χ0n) is 19.8. The maximum atomic E-state index is 14.2. The van der Waals surface area contributed by atoms with Gasteiger partial charge in [0.2, 0.25) is 16.0 Å². The molecule has 0 unspecified atom stereocenters. The summed E-state index contributed by atoms with van der Waals surface area (Å²) in [6.45, 7) is 3.78. The molecule has 0 radical (unpaired) electrons. The molecule has 9 nitrogen and oxygen atoms in total. The number of carboxylic acids is 1. The number of hydrogen-bond acceptors (Lipinski definition) is 8. The van der Waals surface area contributed by atoms with Crippen molar-refractivity contribution in [3.63, 3.8) is 0 Å². The number of fused-ring (bicyclic) bond motifs is 3. The van der Waals surface area contributed by atoms with Crippen molar-refractivity contribution in [2.75, 3.05) is 17.6 Å². The predicted octanol–water partition coefficient (Wildman–Crippen LogP) is -2.30. The van der Waals surface area contributed by atoms with Gasteiger partial charge in [0.05, 0.1) is 29.9 Å². The van der Waals surface area contributed by atoms with E-state index < -0.39 is 46.4 Å². The first-order chi connectivity index (χ1) is 15.3. The third-order valence-corrected chi connectivity index (χ3v) is 6.98. The maximum absolute atomic E-state index is 14.2. The van der Waals surface area contributed by atoms with Gasteiger partial charge in [0.1, 0.15) is 5.82 Å². The molecule has 2 N–H and O–H groups in total. The van der Waals surface area contributed by atoms with E-state index in [9.17, 15) is 32.9 Å². The molecule has 0 aliphatic heterocycles. The van der Waals surface area contributed by atoms with Gasteiger partial charge in [0.15, 0.2) is 0 Å². The summed E-state index contributed by atoms with van der Waals surface area (Å²) in [7, 11) is -2.28. The average Bonchev–Trinajstić information content (AvgIpc) is 2.69. The van der Waals surface area contributed by atoms with Crippen molar-refractivity contribution < 1.29 is 62.5 Å². The van der Waals surface area contributed by atoms with Gasteiger partial charge < -0.3 is 20.1 Å². The molecule has 1 aliphatic rings. The second kappa shape index (κ2) is 11.0. The van der Waals surface area contributed by atoms with E-state index in [-0.39, 0.29) is 54.3 Å². The Hall–Kier alpha value is -1.63. The van der Waals surface area contributed by atoms with Gasteiger partial charge in [-0.2, -0.15) is 0 Å². The topological polar surface area (TPSA) is 144 Å². The van der Waals surface area contributed by atoms with Gasteiger partial charge in [-0.3, -0.25) is 0 Å². The van der Waals surface area contributed by atoms with Crippen molar-refractivity contribution in [2.24, 2.45) is 0 Å². The van der Waals surface area contributed by atoms with Crippen LogP contribution in [0.4, 0.5) is 10.3 Å². The predicted molar refractivity (Wildman–Crippen MR) is 117 cm³/mol. The molecule has 0 fully saturated rings. The molecule has 0 amide bonds. The zero-order chi connectivity index (χ0) is 24.7. The van der Waals surface area contributed by atoms with Crippen molar-refractivity contribution >= 4 is 21.9 Å². The minimum Gasteiger partial charge on any atom is -0.550 e. The number of nitrogens with zero attached hydrogens (tertiary/aromatic N) is 3. The van der Waals surface area contributed by atoms with Crippen molar-refractivity contribution in [2.45, 2.75) is 57.2 Å². The molecule has 0 saturated heterocycles. The fourth-order valence-corrected chi connectivity index (χ4v) is 4.51. The summed E-state index contributed by atoms with van der Waals surface area (Å²) in [5, 5.41) is 31.7. The molecule has 3 rings (SSSR count). The quantitative estimate of drug-likeness (QED) is 0.383. The summed E-state index contributed by atoms with van der Waals surface area (Å²) >= 11 is 0. The summed E-state index contributed by atoms with van der Waals surface area (Å²) in [5.74, 6) is -2.75. The summed E-state index contributed by atoms with van der Waals surface area (Å²) in [6.07, 6.45) is -2.12. The van der Waals surface area contributed by atoms with Crippen molar-refractivity contribution in [1.29, 1.82) is 0 Å². The third-order valence-electron chi connectivity index (χ3n) is 5.83. The van der Waals surface area contributed by atoms with Crippen LogP contribution in [0.2, 0.25) is 0 Å². The van der Waals surface area contributed by atoms with E-state index in [2.05, 4.69) is 9.97 Å². The molecule has 0 bridgehead atoms. The summed E-state index contributed by atoms with van der Waals surface area (Å²) < 4.78 is 39.3. The Morgan fingerprint density at radius 3 is 2.50 bits per heavy atom. The Morgan fingerprint density at radius 1 is 1.29 bits per heavy atom. The number of carboxylic acid groups (broad SMARTS) is 1. The van der Waals surface area contributed by atoms with Crippen LogP contribution in [0.15, 0.2) is 18.2 Å². The number of anilines is 1. The van der Waals surface area contributed by atoms with Crippen LogP contribution in [0, 0.1) is 5.82 Å². The van der Waals surface area contributed by atoms with Crippen LogP contribution in [0.1, 0.15) is 55.3 Å². The first kappa shape index (κ1) is 28.6. The average molecular weight is 504 g/mol. The number of benzene rings is 1. The molecular formula is C22H27FN3NaO6S. The SMILES string of the molecule is CC(C)c1nc(N(C)S(C)(=O)=O)nc2c1C[C@@H]([C@@H](O)C[C@H](O)CC(=O)[O-])c1cc(F)ccc1-2.[Na+]. The fourth-order valence-electron chi connectivity index (χ4n) is 4.13. The first-order valence-corrected chi connectivity index (χ1v) is 12.3. The Labute approximate surface area is 220 Å². The first-order valence-electron chi connectivity index (χ1n) is 10.5. The number of sulfonamides is 1. The molecule has 0 saturated carbocycles. The number of aliphatic carboxylic acids is 1. The largest absolute Gasteiger partial charge is 1.00 e. The summed E-state index contributed by atoms with van der Waals surface area (Å²) in [6, 6.07) is 4.04. The van der Waals surface area contributed by atoms with Crippen molar-refractivity contribution in [1.82, 2.24) is 9.97 Å². The molecule has 0 spiro atoms. The van der Waals surface area contributed by atoms with Gasteiger partial charge in [-0.25, -0.2) is 27.1 Å². The van der Waals surface area contributed by atoms with E-state index in [4.69, 9.17) is 0 Å². The van der Waals surface area contributed by atoms with Crippen LogP contribution in [-0.4, -0.2) is 60.1 Å². The number of carbonyl (C=O) groups excluding carboxylic acids is 1. The van der Waals surface area contributed by atoms with Gasteiger partial charge in [0, 0.05) is 42.9 Å². The number of halogens is 1. The van der Waals surface area contributed by atoms with E-state index in [0.717, 1.165) is 10.6 Å². The van der Waals surface area contributed by atoms with Crippen LogP contribution in [0.3, 0.4) is 0 Å². The van der Waals surface area contributed by atoms with E-state index in [1.807, 2.05) is 13.8 Å². The second-order valence-electron chi connectivity index (χ2n) is 8.70. The molecule has 1 aromatic carbocycles. The Morgan fingerprint density at radius 2 is 1.94 bits per heavy atom. The van der Waals surface area contributed by atoms with Crippen LogP contribution in [0.25, 0.3) is 11.3 Å². The molecule has 180 valence electrons. The van der Waals surface area contributed by atoms with Gasteiger partial charge in [0.25, 0.3) is 0 Å². The number of aromatic nitrogens is 2. The van der Waals surface area contributed by atoms with Gasteiger partial charge >= 0.3 is 29.6 Å². The Balaban J connectivity index is 0.00000408. The van der Waals surface area contributed by atoms with Gasteiger partial charge in [-0.05, 0) is 36.1 Å². The number of aliphatic hydroxyl groups is 2. The molecule has 1 aliphatic carbocycles. The molecule has 1 heterocycles. The summed E-state index contributed by atoms with van der Waals surface area (Å²) in [4.78, 5) is 19.8. The minimum atomic E-state index is -3.63. The van der Waals surface area contributed by atoms with Crippen LogP contribution in [-0.2, 0) is 21.2 Å². The van der Waals surface area contributed by atoms with E-state index in [0.29, 0.717) is 28.1 Å². The number of hydrogen-bond donors (Lipinski definition) is 2. The molecule has 1 aromatic heterocycles.